The molecule has 0 bridgehead atoms. The number of furan rings is 1. The van der Waals surface area contributed by atoms with Gasteiger partial charge in [0.05, 0.1) is 30.1 Å². The molecule has 20 heavy (non-hydrogen) atoms. The van der Waals surface area contributed by atoms with E-state index in [0.29, 0.717) is 5.56 Å². The van der Waals surface area contributed by atoms with Gasteiger partial charge in [-0.1, -0.05) is 0 Å². The van der Waals surface area contributed by atoms with E-state index < -0.39 is 10.9 Å². The number of nitro groups is 1. The molecule has 7 heteroatoms. The molecule has 104 valence electrons. The number of hydrogen-bond acceptors (Lipinski definition) is 6. The van der Waals surface area contributed by atoms with Crippen LogP contribution in [-0.4, -0.2) is 18.0 Å². The van der Waals surface area contributed by atoms with E-state index in [2.05, 4.69) is 0 Å². The summed E-state index contributed by atoms with van der Waals surface area (Å²) in [6.45, 7) is 0.0369. The zero-order valence-corrected chi connectivity index (χ0v) is 10.6. The monoisotopic (exact) mass is 277 g/mol. The Kier molecular flexibility index (Phi) is 3.99. The van der Waals surface area contributed by atoms with Crippen LogP contribution >= 0.6 is 0 Å². The first kappa shape index (κ1) is 13.6. The molecular formula is C13H11NO6. The van der Waals surface area contributed by atoms with Crippen LogP contribution in [0, 0.1) is 10.1 Å². The van der Waals surface area contributed by atoms with Crippen molar-refractivity contribution >= 4 is 11.7 Å². The predicted molar refractivity (Wildman–Crippen MR) is 67.5 cm³/mol. The van der Waals surface area contributed by atoms with Gasteiger partial charge < -0.3 is 13.9 Å². The third kappa shape index (κ3) is 2.94. The number of benzene rings is 1. The van der Waals surface area contributed by atoms with E-state index in [0.717, 1.165) is 6.07 Å². The second-order valence-corrected chi connectivity index (χ2v) is 3.85. The van der Waals surface area contributed by atoms with Crippen molar-refractivity contribution in [3.05, 3.63) is 58.0 Å². The van der Waals surface area contributed by atoms with Crippen molar-refractivity contribution in [2.24, 2.45) is 0 Å². The smallest absolute Gasteiger partial charge is 0.338 e. The standard InChI is InChI=1S/C13H11NO6/c1-18-12-3-2-10(6-11(12)14(16)17)13(15)20-8-9-4-5-19-7-9/h2-7H,8H2,1H3. The molecule has 0 N–H and O–H groups in total. The van der Waals surface area contributed by atoms with Crippen LogP contribution in [0.1, 0.15) is 15.9 Å². The molecule has 0 atom stereocenters. The zero-order valence-electron chi connectivity index (χ0n) is 10.6. The van der Waals surface area contributed by atoms with Gasteiger partial charge in [0.15, 0.2) is 5.75 Å². The van der Waals surface area contributed by atoms with E-state index in [9.17, 15) is 14.9 Å². The van der Waals surface area contributed by atoms with Crippen molar-refractivity contribution in [3.63, 3.8) is 0 Å². The molecule has 0 saturated heterocycles. The molecule has 1 aromatic heterocycles. The molecule has 0 unspecified atom stereocenters. The average molecular weight is 277 g/mol. The molecule has 0 spiro atoms. The van der Waals surface area contributed by atoms with Gasteiger partial charge in [-0.15, -0.1) is 0 Å². The third-order valence-corrected chi connectivity index (χ3v) is 2.56. The lowest BCUT2D eigenvalue weighted by molar-refractivity contribution is -0.385. The lowest BCUT2D eigenvalue weighted by atomic mass is 10.2. The Labute approximate surface area is 113 Å². The fourth-order valence-electron chi connectivity index (χ4n) is 1.57. The van der Waals surface area contributed by atoms with Crippen molar-refractivity contribution in [1.82, 2.24) is 0 Å². The van der Waals surface area contributed by atoms with E-state index in [-0.39, 0.29) is 23.6 Å². The summed E-state index contributed by atoms with van der Waals surface area (Å²) in [5.74, 6) is -0.571. The van der Waals surface area contributed by atoms with Gasteiger partial charge >= 0.3 is 11.7 Å². The molecule has 0 aliphatic carbocycles. The van der Waals surface area contributed by atoms with Crippen molar-refractivity contribution in [2.45, 2.75) is 6.61 Å². The van der Waals surface area contributed by atoms with Crippen molar-refractivity contribution < 1.29 is 23.6 Å². The highest BCUT2D eigenvalue weighted by Gasteiger charge is 2.18. The summed E-state index contributed by atoms with van der Waals surface area (Å²) >= 11 is 0. The largest absolute Gasteiger partial charge is 0.490 e. The quantitative estimate of drug-likeness (QED) is 0.473. The number of carbonyl (C=O) groups excluding carboxylic acids is 1. The van der Waals surface area contributed by atoms with Crippen LogP contribution in [0.5, 0.6) is 5.75 Å². The van der Waals surface area contributed by atoms with E-state index in [1.54, 1.807) is 6.07 Å². The van der Waals surface area contributed by atoms with E-state index in [1.807, 2.05) is 0 Å². The van der Waals surface area contributed by atoms with Crippen LogP contribution in [0.25, 0.3) is 0 Å². The van der Waals surface area contributed by atoms with Crippen LogP contribution in [0.2, 0.25) is 0 Å². The van der Waals surface area contributed by atoms with Gasteiger partial charge in [0, 0.05) is 11.6 Å². The van der Waals surface area contributed by atoms with Crippen LogP contribution in [-0.2, 0) is 11.3 Å². The number of ether oxygens (including phenoxy) is 2. The van der Waals surface area contributed by atoms with Crippen molar-refractivity contribution in [1.29, 1.82) is 0 Å². The molecule has 0 fully saturated rings. The minimum Gasteiger partial charge on any atom is -0.490 e. The fourth-order valence-corrected chi connectivity index (χ4v) is 1.57. The molecule has 2 rings (SSSR count). The predicted octanol–water partition coefficient (Wildman–Crippen LogP) is 2.55. The summed E-state index contributed by atoms with van der Waals surface area (Å²) in [6.07, 6.45) is 2.91. The topological polar surface area (TPSA) is 91.8 Å². The SMILES string of the molecule is COc1ccc(C(=O)OCc2ccoc2)cc1[N+](=O)[O-]. The van der Waals surface area contributed by atoms with Crippen molar-refractivity contribution in [3.8, 4) is 5.75 Å². The van der Waals surface area contributed by atoms with E-state index in [4.69, 9.17) is 13.9 Å². The number of rotatable bonds is 5. The average Bonchev–Trinajstić information content (AvgIpc) is 2.97. The van der Waals surface area contributed by atoms with Crippen LogP contribution in [0.4, 0.5) is 5.69 Å². The Morgan fingerprint density at radius 1 is 1.40 bits per heavy atom. The molecular weight excluding hydrogens is 266 g/mol. The Morgan fingerprint density at radius 2 is 2.20 bits per heavy atom. The molecule has 0 aliphatic rings. The molecule has 1 aromatic carbocycles. The number of carbonyl (C=O) groups is 1. The molecule has 7 nitrogen and oxygen atoms in total. The number of nitro benzene ring substituents is 1. The van der Waals surface area contributed by atoms with Gasteiger partial charge in [0.1, 0.15) is 6.61 Å². The maximum absolute atomic E-state index is 11.8. The number of nitrogens with zero attached hydrogens (tertiary/aromatic N) is 1. The fraction of sp³-hybridized carbons (Fsp3) is 0.154. The lowest BCUT2D eigenvalue weighted by Gasteiger charge is -2.05. The first-order chi connectivity index (χ1) is 9.61. The van der Waals surface area contributed by atoms with Gasteiger partial charge in [-0.2, -0.15) is 0 Å². The zero-order chi connectivity index (χ0) is 14.5. The van der Waals surface area contributed by atoms with Gasteiger partial charge in [-0.05, 0) is 18.2 Å². The maximum atomic E-state index is 11.8. The van der Waals surface area contributed by atoms with Gasteiger partial charge in [-0.3, -0.25) is 10.1 Å². The molecule has 0 saturated carbocycles. The maximum Gasteiger partial charge on any atom is 0.338 e. The van der Waals surface area contributed by atoms with E-state index in [1.165, 1.54) is 31.8 Å². The highest BCUT2D eigenvalue weighted by atomic mass is 16.6. The molecule has 0 aliphatic heterocycles. The summed E-state index contributed by atoms with van der Waals surface area (Å²) in [7, 11) is 1.32. The Morgan fingerprint density at radius 3 is 2.80 bits per heavy atom. The molecule has 1 heterocycles. The Balaban J connectivity index is 2.13. The summed E-state index contributed by atoms with van der Waals surface area (Å²) in [5.41, 5.74) is 0.493. The van der Waals surface area contributed by atoms with Gasteiger partial charge in [0.2, 0.25) is 0 Å². The Bertz CT molecular complexity index is 620. The van der Waals surface area contributed by atoms with Crippen LogP contribution in [0.3, 0.4) is 0 Å². The third-order valence-electron chi connectivity index (χ3n) is 2.56. The number of methoxy groups -OCH3 is 1. The minimum absolute atomic E-state index is 0.0369. The summed E-state index contributed by atoms with van der Waals surface area (Å²) in [5, 5.41) is 10.9. The minimum atomic E-state index is -0.656. The number of hydrogen-bond donors (Lipinski definition) is 0. The second-order valence-electron chi connectivity index (χ2n) is 3.85. The second kappa shape index (κ2) is 5.87. The number of esters is 1. The molecule has 0 radical (unpaired) electrons. The molecule has 0 amide bonds. The molecule has 2 aromatic rings. The van der Waals surface area contributed by atoms with Gasteiger partial charge in [-0.25, -0.2) is 4.79 Å². The highest BCUT2D eigenvalue weighted by molar-refractivity contribution is 5.90. The summed E-state index contributed by atoms with van der Waals surface area (Å²) < 4.78 is 14.7. The normalized spacial score (nSPS) is 10.1. The van der Waals surface area contributed by atoms with Crippen LogP contribution < -0.4 is 4.74 Å². The van der Waals surface area contributed by atoms with E-state index >= 15 is 0 Å². The Hall–Kier alpha value is -2.83. The first-order valence-corrected chi connectivity index (χ1v) is 5.62. The highest BCUT2D eigenvalue weighted by Crippen LogP contribution is 2.27. The summed E-state index contributed by atoms with van der Waals surface area (Å²) in [4.78, 5) is 22.0. The first-order valence-electron chi connectivity index (χ1n) is 5.62. The summed E-state index contributed by atoms with van der Waals surface area (Å²) in [6, 6.07) is 5.54. The van der Waals surface area contributed by atoms with Crippen LogP contribution in [0.15, 0.2) is 41.2 Å². The van der Waals surface area contributed by atoms with Crippen molar-refractivity contribution in [2.75, 3.05) is 7.11 Å². The lowest BCUT2D eigenvalue weighted by Crippen LogP contribution is -2.06. The van der Waals surface area contributed by atoms with Gasteiger partial charge in [0.25, 0.3) is 0 Å².